The van der Waals surface area contributed by atoms with Crippen LogP contribution in [0, 0.1) is 5.92 Å². The normalized spacial score (nSPS) is 14.1. The molecule has 0 amide bonds. The molecule has 114 valence electrons. The highest BCUT2D eigenvalue weighted by Crippen LogP contribution is 2.24. The third-order valence-corrected chi connectivity index (χ3v) is 3.97. The molecule has 0 aliphatic heterocycles. The van der Waals surface area contributed by atoms with Gasteiger partial charge in [-0.15, -0.1) is 0 Å². The number of rotatable bonds is 7. The molecule has 21 heavy (non-hydrogen) atoms. The number of fused-ring (bicyclic) bond motifs is 1. The summed E-state index contributed by atoms with van der Waals surface area (Å²) in [5.41, 5.74) is 1.28. The van der Waals surface area contributed by atoms with Gasteiger partial charge < -0.3 is 15.2 Å². The van der Waals surface area contributed by atoms with Crippen molar-refractivity contribution in [1.29, 1.82) is 0 Å². The average Bonchev–Trinajstić information content (AvgIpc) is 2.51. The molecule has 0 spiro atoms. The minimum Gasteiger partial charge on any atom is -0.497 e. The predicted octanol–water partition coefficient (Wildman–Crippen LogP) is 3.52. The van der Waals surface area contributed by atoms with Crippen molar-refractivity contribution in [2.45, 2.75) is 26.3 Å². The number of benzene rings is 2. The van der Waals surface area contributed by atoms with E-state index in [0.717, 1.165) is 18.7 Å². The van der Waals surface area contributed by atoms with Crippen molar-refractivity contribution < 1.29 is 9.84 Å². The lowest BCUT2D eigenvalue weighted by molar-refractivity contribution is 0.258. The standard InChI is InChI=1S/C18H25NO2/c1-13(8-9-20)12-19-14(2)15-4-5-17-11-18(21-3)7-6-16(17)10-15/h4-7,10-11,13-14,19-20H,8-9,12H2,1-3H3. The van der Waals surface area contributed by atoms with Gasteiger partial charge in [-0.25, -0.2) is 0 Å². The third kappa shape index (κ3) is 4.19. The maximum absolute atomic E-state index is 8.94. The van der Waals surface area contributed by atoms with E-state index in [0.29, 0.717) is 12.0 Å². The summed E-state index contributed by atoms with van der Waals surface area (Å²) in [6.45, 7) is 5.51. The first-order valence-electron chi connectivity index (χ1n) is 7.56. The quantitative estimate of drug-likeness (QED) is 0.818. The molecule has 0 aliphatic carbocycles. The molecule has 0 heterocycles. The second-order valence-corrected chi connectivity index (χ2v) is 5.72. The van der Waals surface area contributed by atoms with Gasteiger partial charge in [0.15, 0.2) is 0 Å². The van der Waals surface area contributed by atoms with Gasteiger partial charge in [0, 0.05) is 12.6 Å². The SMILES string of the molecule is COc1ccc2cc(C(C)NCC(C)CCO)ccc2c1. The molecule has 3 heteroatoms. The summed E-state index contributed by atoms with van der Waals surface area (Å²) in [5.74, 6) is 1.38. The highest BCUT2D eigenvalue weighted by Gasteiger charge is 2.08. The van der Waals surface area contributed by atoms with Crippen LogP contribution in [0.4, 0.5) is 0 Å². The fourth-order valence-electron chi connectivity index (χ4n) is 2.46. The molecule has 3 nitrogen and oxygen atoms in total. The Hall–Kier alpha value is -1.58. The lowest BCUT2D eigenvalue weighted by atomic mass is 10.0. The Morgan fingerprint density at radius 2 is 1.81 bits per heavy atom. The van der Waals surface area contributed by atoms with Crippen LogP contribution in [0.15, 0.2) is 36.4 Å². The molecule has 2 aromatic rings. The molecule has 2 atom stereocenters. The molecule has 0 aliphatic rings. The molecule has 0 radical (unpaired) electrons. The number of ether oxygens (including phenoxy) is 1. The van der Waals surface area contributed by atoms with E-state index < -0.39 is 0 Å². The molecule has 2 unspecified atom stereocenters. The van der Waals surface area contributed by atoms with Crippen LogP contribution in [-0.2, 0) is 0 Å². The van der Waals surface area contributed by atoms with Crippen LogP contribution in [0.3, 0.4) is 0 Å². The predicted molar refractivity (Wildman–Crippen MR) is 87.8 cm³/mol. The van der Waals surface area contributed by atoms with Crippen molar-refractivity contribution in [3.8, 4) is 5.75 Å². The van der Waals surface area contributed by atoms with Gasteiger partial charge in [0.1, 0.15) is 5.75 Å². The molecule has 2 rings (SSSR count). The number of methoxy groups -OCH3 is 1. The van der Waals surface area contributed by atoms with Gasteiger partial charge >= 0.3 is 0 Å². The van der Waals surface area contributed by atoms with E-state index in [9.17, 15) is 0 Å². The summed E-state index contributed by atoms with van der Waals surface area (Å²) in [6.07, 6.45) is 0.844. The summed E-state index contributed by atoms with van der Waals surface area (Å²) < 4.78 is 5.26. The minimum atomic E-state index is 0.259. The van der Waals surface area contributed by atoms with Crippen LogP contribution in [-0.4, -0.2) is 25.4 Å². The number of aliphatic hydroxyl groups excluding tert-OH is 1. The van der Waals surface area contributed by atoms with E-state index in [1.54, 1.807) is 7.11 Å². The van der Waals surface area contributed by atoms with Crippen LogP contribution < -0.4 is 10.1 Å². The first-order chi connectivity index (χ1) is 10.1. The van der Waals surface area contributed by atoms with Gasteiger partial charge in [-0.2, -0.15) is 0 Å². The van der Waals surface area contributed by atoms with Gasteiger partial charge in [-0.05, 0) is 60.3 Å². The zero-order chi connectivity index (χ0) is 15.2. The minimum absolute atomic E-state index is 0.259. The van der Waals surface area contributed by atoms with E-state index in [-0.39, 0.29) is 6.61 Å². The van der Waals surface area contributed by atoms with Crippen molar-refractivity contribution >= 4 is 10.8 Å². The smallest absolute Gasteiger partial charge is 0.119 e. The molecule has 0 aromatic heterocycles. The zero-order valence-electron chi connectivity index (χ0n) is 13.1. The Kier molecular flexibility index (Phi) is 5.59. The molecule has 2 aromatic carbocycles. The number of nitrogens with one attached hydrogen (secondary N) is 1. The van der Waals surface area contributed by atoms with Crippen LogP contribution in [0.1, 0.15) is 31.9 Å². The lowest BCUT2D eigenvalue weighted by Gasteiger charge is -2.18. The largest absolute Gasteiger partial charge is 0.497 e. The fraction of sp³-hybridized carbons (Fsp3) is 0.444. The second kappa shape index (κ2) is 7.43. The van der Waals surface area contributed by atoms with Crippen LogP contribution in [0.2, 0.25) is 0 Å². The Morgan fingerprint density at radius 1 is 1.10 bits per heavy atom. The van der Waals surface area contributed by atoms with E-state index in [2.05, 4.69) is 49.5 Å². The first kappa shape index (κ1) is 15.8. The van der Waals surface area contributed by atoms with Gasteiger partial charge in [0.2, 0.25) is 0 Å². The maximum atomic E-state index is 8.94. The van der Waals surface area contributed by atoms with Gasteiger partial charge in [-0.1, -0.05) is 25.1 Å². The summed E-state index contributed by atoms with van der Waals surface area (Å²) >= 11 is 0. The summed E-state index contributed by atoms with van der Waals surface area (Å²) in [6, 6.07) is 13.0. The third-order valence-electron chi connectivity index (χ3n) is 3.97. The molecule has 0 saturated heterocycles. The molecular formula is C18H25NO2. The van der Waals surface area contributed by atoms with Gasteiger partial charge in [0.25, 0.3) is 0 Å². The van der Waals surface area contributed by atoms with Crippen molar-refractivity contribution in [3.05, 3.63) is 42.0 Å². The monoisotopic (exact) mass is 287 g/mol. The number of aliphatic hydroxyl groups is 1. The molecule has 2 N–H and O–H groups in total. The summed E-state index contributed by atoms with van der Waals surface area (Å²) in [4.78, 5) is 0. The van der Waals surface area contributed by atoms with E-state index >= 15 is 0 Å². The number of hydrogen-bond acceptors (Lipinski definition) is 3. The molecule has 0 fully saturated rings. The van der Waals surface area contributed by atoms with E-state index in [4.69, 9.17) is 9.84 Å². The topological polar surface area (TPSA) is 41.5 Å². The molecule has 0 saturated carbocycles. The Morgan fingerprint density at radius 3 is 2.52 bits per heavy atom. The van der Waals surface area contributed by atoms with Crippen LogP contribution in [0.25, 0.3) is 10.8 Å². The van der Waals surface area contributed by atoms with E-state index in [1.807, 2.05) is 6.07 Å². The Labute approximate surface area is 126 Å². The molecule has 0 bridgehead atoms. The van der Waals surface area contributed by atoms with Crippen molar-refractivity contribution in [2.24, 2.45) is 5.92 Å². The average molecular weight is 287 g/mol. The van der Waals surface area contributed by atoms with Gasteiger partial charge in [0.05, 0.1) is 7.11 Å². The first-order valence-corrected chi connectivity index (χ1v) is 7.56. The highest BCUT2D eigenvalue weighted by molar-refractivity contribution is 5.84. The zero-order valence-corrected chi connectivity index (χ0v) is 13.1. The van der Waals surface area contributed by atoms with E-state index in [1.165, 1.54) is 16.3 Å². The molecular weight excluding hydrogens is 262 g/mol. The van der Waals surface area contributed by atoms with Crippen molar-refractivity contribution in [1.82, 2.24) is 5.32 Å². The summed E-state index contributed by atoms with van der Waals surface area (Å²) in [7, 11) is 1.69. The maximum Gasteiger partial charge on any atom is 0.119 e. The number of hydrogen-bond donors (Lipinski definition) is 2. The van der Waals surface area contributed by atoms with Gasteiger partial charge in [-0.3, -0.25) is 0 Å². The van der Waals surface area contributed by atoms with Crippen LogP contribution in [0.5, 0.6) is 5.75 Å². The summed E-state index contributed by atoms with van der Waals surface area (Å²) in [5, 5.41) is 14.9. The Balaban J connectivity index is 2.07. The lowest BCUT2D eigenvalue weighted by Crippen LogP contribution is -2.25. The van der Waals surface area contributed by atoms with Crippen LogP contribution >= 0.6 is 0 Å². The second-order valence-electron chi connectivity index (χ2n) is 5.72. The fourth-order valence-corrected chi connectivity index (χ4v) is 2.46. The highest BCUT2D eigenvalue weighted by atomic mass is 16.5. The Bertz CT molecular complexity index is 582. The van der Waals surface area contributed by atoms with Crippen molar-refractivity contribution in [2.75, 3.05) is 20.3 Å². The van der Waals surface area contributed by atoms with Crippen molar-refractivity contribution in [3.63, 3.8) is 0 Å².